The molecule has 0 bridgehead atoms. The Bertz CT molecular complexity index is 170. The second-order valence-electron chi connectivity index (χ2n) is 3.67. The van der Waals surface area contributed by atoms with Crippen molar-refractivity contribution in [2.75, 3.05) is 0 Å². The summed E-state index contributed by atoms with van der Waals surface area (Å²) in [6.45, 7) is 0. The molecule has 12 nitrogen and oxygen atoms in total. The minimum Gasteiger partial charge on any atom is -0.315 e. The summed E-state index contributed by atoms with van der Waals surface area (Å²) in [4.78, 5) is 7.83. The lowest BCUT2D eigenvalue weighted by atomic mass is 10.0. The maximum Gasteiger partial charge on any atom is 0.383 e. The molecule has 0 rings (SSSR count). The van der Waals surface area contributed by atoms with Crippen LogP contribution in [-0.2, 0) is 0 Å². The molecule has 0 aromatic rings. The van der Waals surface area contributed by atoms with Crippen molar-refractivity contribution in [3.8, 4) is 0 Å². The SMILES string of the molecule is N[Si](N)(N)NB(N[Si](N)(N)N)N[Si](N)(N)N. The molecule has 0 heterocycles. The first-order chi connectivity index (χ1) is 6.79. The van der Waals surface area contributed by atoms with Crippen LogP contribution in [0.15, 0.2) is 0 Å². The first kappa shape index (κ1) is 16.2. The Labute approximate surface area is 97.1 Å². The molecule has 0 amide bonds. The zero-order valence-electron chi connectivity index (χ0n) is 8.77. The lowest BCUT2D eigenvalue weighted by molar-refractivity contribution is 1.08. The molecule has 16 heavy (non-hydrogen) atoms. The van der Waals surface area contributed by atoms with E-state index in [1.54, 1.807) is 0 Å². The van der Waals surface area contributed by atoms with E-state index in [9.17, 15) is 0 Å². The predicted molar refractivity (Wildman–Crippen MR) is 70.1 cm³/mol. The van der Waals surface area contributed by atoms with Gasteiger partial charge in [0.05, 0.1) is 0 Å². The van der Waals surface area contributed by atoms with Crippen molar-refractivity contribution < 1.29 is 0 Å². The second kappa shape index (κ2) is 5.26. The molecule has 0 aliphatic heterocycles. The quantitative estimate of drug-likeness (QED) is 0.202. The molecule has 0 unspecified atom stereocenters. The standard InChI is InChI=1S/BH21N12Si3/c2-14(3,4)11-1(12-15(5,6)7)13-16(8,9)10/h11-13H,2-10H2. The van der Waals surface area contributed by atoms with Gasteiger partial charge < -0.3 is 63.3 Å². The van der Waals surface area contributed by atoms with Gasteiger partial charge in [-0.2, -0.15) is 0 Å². The Kier molecular flexibility index (Phi) is 5.33. The molecule has 0 radical (unpaired) electrons. The normalized spacial score (nSPS) is 14.1. The Balaban J connectivity index is 4.53. The van der Waals surface area contributed by atoms with Gasteiger partial charge in [0.2, 0.25) is 0 Å². The minimum absolute atomic E-state index is 0.829. The Morgan fingerprint density at radius 3 is 0.812 bits per heavy atom. The fourth-order valence-electron chi connectivity index (χ4n) is 0.858. The van der Waals surface area contributed by atoms with Crippen molar-refractivity contribution in [3.63, 3.8) is 0 Å². The van der Waals surface area contributed by atoms with E-state index in [1.165, 1.54) is 0 Å². The van der Waals surface area contributed by atoms with Gasteiger partial charge >= 0.3 is 33.3 Å². The molecule has 0 atom stereocenters. The molecule has 96 valence electrons. The lowest BCUT2D eigenvalue weighted by Gasteiger charge is -2.30. The van der Waals surface area contributed by atoms with Crippen LogP contribution >= 0.6 is 0 Å². The van der Waals surface area contributed by atoms with Crippen molar-refractivity contribution in [2.45, 2.75) is 0 Å². The van der Waals surface area contributed by atoms with E-state index in [-0.39, 0.29) is 0 Å². The van der Waals surface area contributed by atoms with Crippen LogP contribution in [0.4, 0.5) is 0 Å². The third-order valence-corrected chi connectivity index (χ3v) is 3.55. The average Bonchev–Trinajstić information content (AvgIpc) is 1.70. The predicted octanol–water partition coefficient (Wildman–Crippen LogP) is -8.32. The van der Waals surface area contributed by atoms with Crippen LogP contribution in [0.2, 0.25) is 0 Å². The van der Waals surface area contributed by atoms with Gasteiger partial charge in [-0.15, -0.1) is 0 Å². The zero-order valence-corrected chi connectivity index (χ0v) is 11.8. The van der Waals surface area contributed by atoms with Gasteiger partial charge in [-0.1, -0.05) is 0 Å². The maximum absolute atomic E-state index is 5.46. The fourth-order valence-corrected chi connectivity index (χ4v) is 3.22. The largest absolute Gasteiger partial charge is 0.383 e. The summed E-state index contributed by atoms with van der Waals surface area (Å²) in [7, 11) is -10.1. The van der Waals surface area contributed by atoms with Crippen LogP contribution < -0.4 is 63.3 Å². The molecule has 0 fully saturated rings. The summed E-state index contributed by atoms with van der Waals surface area (Å²) in [5.41, 5.74) is 0. The Morgan fingerprint density at radius 2 is 0.688 bits per heavy atom. The van der Waals surface area contributed by atoms with E-state index in [2.05, 4.69) is 14.7 Å². The second-order valence-corrected chi connectivity index (χ2v) is 10.1. The molecule has 21 N–H and O–H groups in total. The summed E-state index contributed by atoms with van der Waals surface area (Å²) < 4.78 is 0. The first-order valence-electron chi connectivity index (χ1n) is 4.21. The topological polar surface area (TPSA) is 270 Å². The van der Waals surface area contributed by atoms with Crippen LogP contribution in [0.25, 0.3) is 0 Å². The van der Waals surface area contributed by atoms with E-state index in [0.717, 1.165) is 0 Å². The van der Waals surface area contributed by atoms with Gasteiger partial charge in [-0.3, -0.25) is 0 Å². The minimum atomic E-state index is -3.08. The van der Waals surface area contributed by atoms with Gasteiger partial charge in [0.25, 0.3) is 0 Å². The number of nitrogens with two attached hydrogens (primary N) is 9. The van der Waals surface area contributed by atoms with Crippen LogP contribution in [0.3, 0.4) is 0 Å². The molecular weight excluding hydrogens is 263 g/mol. The smallest absolute Gasteiger partial charge is 0.315 e. The van der Waals surface area contributed by atoms with Crippen molar-refractivity contribution in [1.82, 2.24) is 14.7 Å². The number of rotatable bonds is 6. The molecule has 0 aromatic carbocycles. The van der Waals surface area contributed by atoms with Crippen LogP contribution in [0, 0.1) is 0 Å². The fraction of sp³-hybridized carbons (Fsp3) is 0. The number of nitrogens with one attached hydrogen (secondary N) is 3. The van der Waals surface area contributed by atoms with Crippen LogP contribution in [0.5, 0.6) is 0 Å². The first-order valence-corrected chi connectivity index (χ1v) is 10.9. The van der Waals surface area contributed by atoms with Gasteiger partial charge in [0, 0.05) is 0 Å². The monoisotopic (exact) mass is 284 g/mol. The van der Waals surface area contributed by atoms with E-state index in [0.29, 0.717) is 0 Å². The highest BCUT2D eigenvalue weighted by Gasteiger charge is 2.36. The Morgan fingerprint density at radius 1 is 0.500 bits per heavy atom. The molecule has 0 saturated heterocycles. The molecule has 0 saturated carbocycles. The molecule has 16 heteroatoms. The third-order valence-electron chi connectivity index (χ3n) is 1.18. The van der Waals surface area contributed by atoms with Gasteiger partial charge in [-0.05, 0) is 0 Å². The molecule has 0 aromatic heterocycles. The average molecular weight is 284 g/mol. The highest BCUT2D eigenvalue weighted by atomic mass is 28.4. The number of hydrogen-bond acceptors (Lipinski definition) is 12. The van der Waals surface area contributed by atoms with Crippen molar-refractivity contribution >= 4 is 33.3 Å². The van der Waals surface area contributed by atoms with Crippen molar-refractivity contribution in [2.24, 2.45) is 48.6 Å². The van der Waals surface area contributed by atoms with Gasteiger partial charge in [-0.25, -0.2) is 0 Å². The van der Waals surface area contributed by atoms with E-state index < -0.39 is 33.3 Å². The van der Waals surface area contributed by atoms with Crippen molar-refractivity contribution in [3.05, 3.63) is 0 Å². The molecule has 0 aliphatic rings. The molecule has 0 spiro atoms. The zero-order chi connectivity index (χ0) is 13.2. The van der Waals surface area contributed by atoms with Crippen LogP contribution in [-0.4, -0.2) is 33.3 Å². The van der Waals surface area contributed by atoms with Gasteiger partial charge in [0.15, 0.2) is 0 Å². The maximum atomic E-state index is 5.46. The Hall–Kier alpha value is 0.236. The summed E-state index contributed by atoms with van der Waals surface area (Å²) in [6, 6.07) is 0. The van der Waals surface area contributed by atoms with E-state index >= 15 is 0 Å². The summed E-state index contributed by atoms with van der Waals surface area (Å²) >= 11 is 0. The summed E-state index contributed by atoms with van der Waals surface area (Å²) in [5, 5.41) is 49.2. The van der Waals surface area contributed by atoms with E-state index in [1.807, 2.05) is 0 Å². The highest BCUT2D eigenvalue weighted by Crippen LogP contribution is 1.73. The van der Waals surface area contributed by atoms with Crippen molar-refractivity contribution in [1.29, 1.82) is 0 Å². The molecule has 0 aliphatic carbocycles. The highest BCUT2D eigenvalue weighted by molar-refractivity contribution is 6.89. The van der Waals surface area contributed by atoms with Gasteiger partial charge in [0.1, 0.15) is 0 Å². The number of hydrogen-bond donors (Lipinski definition) is 12. The molecular formula is H21BN12Si3. The third kappa shape index (κ3) is 10.7. The summed E-state index contributed by atoms with van der Waals surface area (Å²) in [5.74, 6) is 0. The van der Waals surface area contributed by atoms with E-state index in [4.69, 9.17) is 48.6 Å². The lowest BCUT2D eigenvalue weighted by Crippen LogP contribution is -2.92. The summed E-state index contributed by atoms with van der Waals surface area (Å²) in [6.07, 6.45) is 0. The van der Waals surface area contributed by atoms with Crippen LogP contribution in [0.1, 0.15) is 0 Å².